The summed E-state index contributed by atoms with van der Waals surface area (Å²) >= 11 is 5.97. The van der Waals surface area contributed by atoms with Crippen molar-refractivity contribution in [3.05, 3.63) is 33.6 Å². The number of alkyl halides is 1. The summed E-state index contributed by atoms with van der Waals surface area (Å²) in [6.07, 6.45) is 2.79. The van der Waals surface area contributed by atoms with E-state index in [4.69, 9.17) is 11.6 Å². The molecule has 1 rings (SSSR count). The Labute approximate surface area is 93.4 Å². The molecule has 5 heteroatoms. The summed E-state index contributed by atoms with van der Waals surface area (Å²) in [4.78, 5) is 14.5. The summed E-state index contributed by atoms with van der Waals surface area (Å²) in [6.45, 7) is 3.65. The van der Waals surface area contributed by atoms with E-state index < -0.39 is 4.92 Å². The number of rotatable bonds is 4. The van der Waals surface area contributed by atoms with Crippen LogP contribution in [0.2, 0.25) is 0 Å². The van der Waals surface area contributed by atoms with Gasteiger partial charge in [0.05, 0.1) is 4.92 Å². The minimum atomic E-state index is -0.392. The molecule has 4 nitrogen and oxygen atoms in total. The van der Waals surface area contributed by atoms with E-state index in [1.165, 1.54) is 0 Å². The molecular weight excluding hydrogens is 216 g/mol. The van der Waals surface area contributed by atoms with E-state index in [1.54, 1.807) is 19.2 Å². The van der Waals surface area contributed by atoms with E-state index >= 15 is 0 Å². The molecule has 1 unspecified atom stereocenters. The fraction of sp³-hybridized carbons (Fsp3) is 0.500. The average Bonchev–Trinajstić information content (AvgIpc) is 2.17. The molecule has 1 aromatic heterocycles. The number of aryl methyl sites for hydroxylation is 1. The van der Waals surface area contributed by atoms with Gasteiger partial charge in [-0.3, -0.25) is 15.1 Å². The highest BCUT2D eigenvalue weighted by molar-refractivity contribution is 6.20. The number of nitrogens with zero attached hydrogens (tertiary/aromatic N) is 2. The highest BCUT2D eigenvalue weighted by Gasteiger charge is 2.19. The van der Waals surface area contributed by atoms with Gasteiger partial charge in [0.1, 0.15) is 5.69 Å². The molecule has 1 atom stereocenters. The summed E-state index contributed by atoms with van der Waals surface area (Å²) < 4.78 is 0. The third-order valence-electron chi connectivity index (χ3n) is 2.24. The van der Waals surface area contributed by atoms with Crippen LogP contribution in [0.4, 0.5) is 5.69 Å². The maximum Gasteiger partial charge on any atom is 0.293 e. The second kappa shape index (κ2) is 5.07. The van der Waals surface area contributed by atoms with Gasteiger partial charge in [0.2, 0.25) is 0 Å². The minimum absolute atomic E-state index is 0.0941. The maximum absolute atomic E-state index is 10.8. The predicted molar refractivity (Wildman–Crippen MR) is 59.3 cm³/mol. The molecule has 0 amide bonds. The molecule has 0 aromatic carbocycles. The summed E-state index contributed by atoms with van der Waals surface area (Å²) in [5.74, 6) is 0. The summed E-state index contributed by atoms with van der Waals surface area (Å²) in [6, 6.07) is 1.64. The Kier molecular flexibility index (Phi) is 4.03. The smallest absolute Gasteiger partial charge is 0.258 e. The maximum atomic E-state index is 10.8. The standard InChI is InChI=1S/C10H13ClN2O2/c1-3-8(11)6-9-10(13(14)15)7(2)4-5-12-9/h4-5,8H,3,6H2,1-2H3. The third kappa shape index (κ3) is 2.89. The molecule has 0 aliphatic carbocycles. The normalized spacial score (nSPS) is 12.5. The first kappa shape index (κ1) is 11.9. The van der Waals surface area contributed by atoms with Crippen LogP contribution in [-0.4, -0.2) is 15.3 Å². The van der Waals surface area contributed by atoms with Crippen LogP contribution in [0.3, 0.4) is 0 Å². The van der Waals surface area contributed by atoms with Crippen LogP contribution in [0, 0.1) is 17.0 Å². The van der Waals surface area contributed by atoms with E-state index in [1.807, 2.05) is 6.92 Å². The largest absolute Gasteiger partial charge is 0.293 e. The molecular formula is C10H13ClN2O2. The Hall–Kier alpha value is -1.16. The van der Waals surface area contributed by atoms with Crippen molar-refractivity contribution in [2.75, 3.05) is 0 Å². The Bertz CT molecular complexity index is 368. The minimum Gasteiger partial charge on any atom is -0.258 e. The van der Waals surface area contributed by atoms with Crippen LogP contribution >= 0.6 is 11.6 Å². The van der Waals surface area contributed by atoms with Crippen LogP contribution in [0.25, 0.3) is 0 Å². The molecule has 1 heterocycles. The van der Waals surface area contributed by atoms with Gasteiger partial charge in [-0.15, -0.1) is 11.6 Å². The predicted octanol–water partition coefficient (Wildman–Crippen LogP) is 2.86. The third-order valence-corrected chi connectivity index (χ3v) is 2.71. The fourth-order valence-electron chi connectivity index (χ4n) is 1.36. The Morgan fingerprint density at radius 3 is 2.87 bits per heavy atom. The van der Waals surface area contributed by atoms with Crippen molar-refractivity contribution in [3.63, 3.8) is 0 Å². The second-order valence-electron chi connectivity index (χ2n) is 3.39. The Morgan fingerprint density at radius 2 is 2.33 bits per heavy atom. The van der Waals surface area contributed by atoms with Crippen molar-refractivity contribution in [2.45, 2.75) is 32.1 Å². The van der Waals surface area contributed by atoms with Crippen LogP contribution < -0.4 is 0 Å². The lowest BCUT2D eigenvalue weighted by molar-refractivity contribution is -0.386. The van der Waals surface area contributed by atoms with Crippen LogP contribution in [-0.2, 0) is 6.42 Å². The van der Waals surface area contributed by atoms with Crippen molar-refractivity contribution in [1.82, 2.24) is 4.98 Å². The zero-order chi connectivity index (χ0) is 11.4. The molecule has 0 radical (unpaired) electrons. The van der Waals surface area contributed by atoms with Crippen molar-refractivity contribution >= 4 is 17.3 Å². The molecule has 0 aliphatic rings. The van der Waals surface area contributed by atoms with Crippen LogP contribution in [0.5, 0.6) is 0 Å². The van der Waals surface area contributed by atoms with Crippen molar-refractivity contribution < 1.29 is 4.92 Å². The van der Waals surface area contributed by atoms with Crippen molar-refractivity contribution in [2.24, 2.45) is 0 Å². The number of halogens is 1. The summed E-state index contributed by atoms with van der Waals surface area (Å²) in [7, 11) is 0. The molecule has 0 aliphatic heterocycles. The highest BCUT2D eigenvalue weighted by atomic mass is 35.5. The van der Waals surface area contributed by atoms with Gasteiger partial charge in [0.25, 0.3) is 5.69 Å². The molecule has 0 saturated carbocycles. The molecule has 0 N–H and O–H groups in total. The van der Waals surface area contributed by atoms with Crippen molar-refractivity contribution in [3.8, 4) is 0 Å². The van der Waals surface area contributed by atoms with Crippen molar-refractivity contribution in [1.29, 1.82) is 0 Å². The van der Waals surface area contributed by atoms with Gasteiger partial charge in [0, 0.05) is 23.6 Å². The number of aromatic nitrogens is 1. The van der Waals surface area contributed by atoms with Gasteiger partial charge >= 0.3 is 0 Å². The number of hydrogen-bond donors (Lipinski definition) is 0. The second-order valence-corrected chi connectivity index (χ2v) is 4.01. The summed E-state index contributed by atoms with van der Waals surface area (Å²) in [5, 5.41) is 10.7. The highest BCUT2D eigenvalue weighted by Crippen LogP contribution is 2.23. The fourth-order valence-corrected chi connectivity index (χ4v) is 1.51. The average molecular weight is 229 g/mol. The molecule has 0 bridgehead atoms. The number of hydrogen-bond acceptors (Lipinski definition) is 3. The van der Waals surface area contributed by atoms with Gasteiger partial charge in [0.15, 0.2) is 0 Å². The van der Waals surface area contributed by atoms with Gasteiger partial charge in [-0.2, -0.15) is 0 Å². The Morgan fingerprint density at radius 1 is 1.67 bits per heavy atom. The molecule has 0 saturated heterocycles. The lowest BCUT2D eigenvalue weighted by Gasteiger charge is -2.07. The van der Waals surface area contributed by atoms with E-state index in [9.17, 15) is 10.1 Å². The van der Waals surface area contributed by atoms with Gasteiger partial charge in [-0.05, 0) is 19.4 Å². The van der Waals surface area contributed by atoms with E-state index in [0.29, 0.717) is 17.7 Å². The summed E-state index contributed by atoms with van der Waals surface area (Å²) in [5.41, 5.74) is 1.20. The lowest BCUT2D eigenvalue weighted by atomic mass is 10.1. The number of nitro groups is 1. The van der Waals surface area contributed by atoms with E-state index in [0.717, 1.165) is 6.42 Å². The number of pyridine rings is 1. The Balaban J connectivity index is 3.06. The lowest BCUT2D eigenvalue weighted by Crippen LogP contribution is -2.07. The molecule has 0 spiro atoms. The van der Waals surface area contributed by atoms with Gasteiger partial charge in [-0.25, -0.2) is 0 Å². The molecule has 15 heavy (non-hydrogen) atoms. The first-order chi connectivity index (χ1) is 7.06. The zero-order valence-corrected chi connectivity index (χ0v) is 9.49. The van der Waals surface area contributed by atoms with Gasteiger partial charge in [-0.1, -0.05) is 6.92 Å². The van der Waals surface area contributed by atoms with Crippen LogP contribution in [0.1, 0.15) is 24.6 Å². The molecule has 82 valence electrons. The van der Waals surface area contributed by atoms with Crippen LogP contribution in [0.15, 0.2) is 12.3 Å². The monoisotopic (exact) mass is 228 g/mol. The quantitative estimate of drug-likeness (QED) is 0.452. The first-order valence-corrected chi connectivity index (χ1v) is 5.22. The van der Waals surface area contributed by atoms with E-state index in [2.05, 4.69) is 4.98 Å². The molecule has 1 aromatic rings. The van der Waals surface area contributed by atoms with Gasteiger partial charge < -0.3 is 0 Å². The zero-order valence-electron chi connectivity index (χ0n) is 8.74. The topological polar surface area (TPSA) is 56.0 Å². The SMILES string of the molecule is CCC(Cl)Cc1nccc(C)c1[N+](=O)[O-]. The molecule has 0 fully saturated rings. The first-order valence-electron chi connectivity index (χ1n) is 4.79. The van der Waals surface area contributed by atoms with E-state index in [-0.39, 0.29) is 11.1 Å².